The molecule has 1 saturated heterocycles. The van der Waals surface area contributed by atoms with E-state index in [0.29, 0.717) is 12.1 Å². The smallest absolute Gasteiger partial charge is 0.142 e. The summed E-state index contributed by atoms with van der Waals surface area (Å²) in [5, 5.41) is 3.57. The number of nitrogens with one attached hydrogen (secondary N) is 1. The topological polar surface area (TPSA) is 50.3 Å². The summed E-state index contributed by atoms with van der Waals surface area (Å²) in [5.74, 6) is 0.859. The van der Waals surface area contributed by atoms with Crippen LogP contribution in [0.3, 0.4) is 0 Å². The zero-order valence-corrected chi connectivity index (χ0v) is 15.3. The van der Waals surface area contributed by atoms with E-state index in [1.165, 1.54) is 51.6 Å². The van der Waals surface area contributed by atoms with Crippen LogP contribution in [0.25, 0.3) is 0 Å². The van der Waals surface area contributed by atoms with Gasteiger partial charge in [0.25, 0.3) is 0 Å². The molecule has 0 aromatic carbocycles. The van der Waals surface area contributed by atoms with Crippen molar-refractivity contribution in [1.82, 2.24) is 20.2 Å². The zero-order valence-electron chi connectivity index (χ0n) is 13.7. The molecule has 1 saturated carbocycles. The first-order valence-electron chi connectivity index (χ1n) is 8.83. The molecule has 3 rings (SSSR count). The van der Waals surface area contributed by atoms with Gasteiger partial charge in [0.2, 0.25) is 0 Å². The van der Waals surface area contributed by atoms with Crippen molar-refractivity contribution in [2.24, 2.45) is 0 Å². The quantitative estimate of drug-likeness (QED) is 0.785. The van der Waals surface area contributed by atoms with E-state index in [-0.39, 0.29) is 0 Å². The van der Waals surface area contributed by atoms with E-state index in [4.69, 9.17) is 4.74 Å². The van der Waals surface area contributed by atoms with Crippen molar-refractivity contribution in [3.8, 4) is 0 Å². The maximum atomic E-state index is 6.07. The van der Waals surface area contributed by atoms with Crippen LogP contribution >= 0.6 is 15.9 Å². The van der Waals surface area contributed by atoms with Crippen LogP contribution in [0.4, 0.5) is 0 Å². The van der Waals surface area contributed by atoms with Crippen molar-refractivity contribution in [3.05, 3.63) is 22.7 Å². The maximum absolute atomic E-state index is 6.07. The lowest BCUT2D eigenvalue weighted by molar-refractivity contribution is 0.0134. The van der Waals surface area contributed by atoms with Crippen LogP contribution in [0.1, 0.15) is 44.3 Å². The number of likely N-dealkylation sites (tertiary alicyclic amines) is 1. The van der Waals surface area contributed by atoms with Gasteiger partial charge in [-0.15, -0.1) is 0 Å². The van der Waals surface area contributed by atoms with Crippen molar-refractivity contribution in [2.45, 2.75) is 57.2 Å². The Kier molecular flexibility index (Phi) is 6.80. The van der Waals surface area contributed by atoms with E-state index >= 15 is 0 Å². The fraction of sp³-hybridized carbons (Fsp3) is 0.765. The highest BCUT2D eigenvalue weighted by Crippen LogP contribution is 2.21. The van der Waals surface area contributed by atoms with Crippen LogP contribution in [0.2, 0.25) is 0 Å². The molecular formula is C17H27BrN4O. The molecule has 23 heavy (non-hydrogen) atoms. The van der Waals surface area contributed by atoms with Gasteiger partial charge in [0.1, 0.15) is 5.82 Å². The third kappa shape index (κ3) is 5.78. The summed E-state index contributed by atoms with van der Waals surface area (Å²) in [6.45, 7) is 5.28. The number of ether oxygens (including phenoxy) is 1. The van der Waals surface area contributed by atoms with E-state index < -0.39 is 0 Å². The molecule has 128 valence electrons. The summed E-state index contributed by atoms with van der Waals surface area (Å²) < 4.78 is 6.99. The van der Waals surface area contributed by atoms with Crippen molar-refractivity contribution >= 4 is 15.9 Å². The number of hydrogen-bond donors (Lipinski definition) is 1. The maximum Gasteiger partial charge on any atom is 0.142 e. The Morgan fingerprint density at radius 1 is 1.13 bits per heavy atom. The van der Waals surface area contributed by atoms with Crippen molar-refractivity contribution in [3.63, 3.8) is 0 Å². The van der Waals surface area contributed by atoms with Gasteiger partial charge >= 0.3 is 0 Å². The summed E-state index contributed by atoms with van der Waals surface area (Å²) in [7, 11) is 0. The number of aromatic nitrogens is 2. The van der Waals surface area contributed by atoms with Crippen LogP contribution in [-0.2, 0) is 11.3 Å². The lowest BCUT2D eigenvalue weighted by Gasteiger charge is -2.29. The minimum Gasteiger partial charge on any atom is -0.377 e. The van der Waals surface area contributed by atoms with Gasteiger partial charge < -0.3 is 15.0 Å². The third-order valence-electron chi connectivity index (χ3n) is 4.86. The van der Waals surface area contributed by atoms with Gasteiger partial charge in [-0.2, -0.15) is 0 Å². The first-order chi connectivity index (χ1) is 11.3. The molecule has 2 fully saturated rings. The number of hydrogen-bond acceptors (Lipinski definition) is 5. The average Bonchev–Trinajstić information content (AvgIpc) is 3.09. The molecule has 1 aromatic heterocycles. The predicted octanol–water partition coefficient (Wildman–Crippen LogP) is 2.75. The van der Waals surface area contributed by atoms with Crippen LogP contribution in [0.15, 0.2) is 16.9 Å². The molecule has 5 nitrogen and oxygen atoms in total. The summed E-state index contributed by atoms with van der Waals surface area (Å²) in [4.78, 5) is 11.1. The Morgan fingerprint density at radius 3 is 2.52 bits per heavy atom. The normalized spacial score (nSPS) is 25.8. The van der Waals surface area contributed by atoms with E-state index in [0.717, 1.165) is 30.0 Å². The largest absolute Gasteiger partial charge is 0.377 e. The van der Waals surface area contributed by atoms with Crippen LogP contribution < -0.4 is 5.32 Å². The van der Waals surface area contributed by atoms with Crippen LogP contribution in [-0.4, -0.2) is 53.3 Å². The number of nitrogens with zero attached hydrogens (tertiary/aromatic N) is 3. The lowest BCUT2D eigenvalue weighted by atomic mass is 9.93. The molecule has 1 N–H and O–H groups in total. The Hall–Kier alpha value is -0.560. The van der Waals surface area contributed by atoms with Crippen LogP contribution in [0, 0.1) is 0 Å². The highest BCUT2D eigenvalue weighted by Gasteiger charge is 2.21. The highest BCUT2D eigenvalue weighted by atomic mass is 79.9. The van der Waals surface area contributed by atoms with E-state index in [1.54, 1.807) is 12.4 Å². The third-order valence-corrected chi connectivity index (χ3v) is 5.27. The number of halogens is 1. The molecule has 6 heteroatoms. The summed E-state index contributed by atoms with van der Waals surface area (Å²) in [5.41, 5.74) is 0. The summed E-state index contributed by atoms with van der Waals surface area (Å²) in [6, 6.07) is 0.570. The summed E-state index contributed by atoms with van der Waals surface area (Å²) >= 11 is 3.36. The first kappa shape index (κ1) is 17.3. The molecular weight excluding hydrogens is 356 g/mol. The minimum atomic E-state index is 0.458. The lowest BCUT2D eigenvalue weighted by Crippen LogP contribution is -2.36. The van der Waals surface area contributed by atoms with Crippen molar-refractivity contribution in [2.75, 3.05) is 26.2 Å². The summed E-state index contributed by atoms with van der Waals surface area (Å²) in [6.07, 6.45) is 11.5. The van der Waals surface area contributed by atoms with Gasteiger partial charge in [0, 0.05) is 25.0 Å². The molecule has 1 aliphatic carbocycles. The predicted molar refractivity (Wildman–Crippen MR) is 94.2 cm³/mol. The van der Waals surface area contributed by atoms with Gasteiger partial charge in [0.05, 0.1) is 23.7 Å². The standard InChI is InChI=1S/C17H27BrN4O/c18-14-11-20-17(21-12-14)13-19-15-3-5-16(6-4-15)23-10-9-22-7-1-2-8-22/h11-12,15-16,19H,1-10,13H2. The van der Waals surface area contributed by atoms with E-state index in [2.05, 4.69) is 36.1 Å². The monoisotopic (exact) mass is 382 g/mol. The molecule has 1 aliphatic heterocycles. The highest BCUT2D eigenvalue weighted by molar-refractivity contribution is 9.10. The van der Waals surface area contributed by atoms with Gasteiger partial charge in [-0.05, 0) is 67.5 Å². The Balaban J connectivity index is 1.28. The van der Waals surface area contributed by atoms with Gasteiger partial charge in [-0.1, -0.05) is 0 Å². The van der Waals surface area contributed by atoms with Crippen molar-refractivity contribution < 1.29 is 4.74 Å². The van der Waals surface area contributed by atoms with Crippen molar-refractivity contribution in [1.29, 1.82) is 0 Å². The second-order valence-electron chi connectivity index (χ2n) is 6.59. The molecule has 2 heterocycles. The second-order valence-corrected chi connectivity index (χ2v) is 7.51. The Bertz CT molecular complexity index is 456. The average molecular weight is 383 g/mol. The molecule has 0 unspecified atom stereocenters. The molecule has 2 aliphatic rings. The van der Waals surface area contributed by atoms with E-state index in [9.17, 15) is 0 Å². The molecule has 1 aromatic rings. The molecule has 0 amide bonds. The van der Waals surface area contributed by atoms with Crippen LogP contribution in [0.5, 0.6) is 0 Å². The second kappa shape index (κ2) is 9.06. The fourth-order valence-corrected chi connectivity index (χ4v) is 3.66. The fourth-order valence-electron chi connectivity index (χ4n) is 3.45. The Labute approximate surface area is 147 Å². The first-order valence-corrected chi connectivity index (χ1v) is 9.62. The SMILES string of the molecule is Brc1cnc(CNC2CCC(OCCN3CCCC3)CC2)nc1. The van der Waals surface area contributed by atoms with E-state index in [1.807, 2.05) is 0 Å². The minimum absolute atomic E-state index is 0.458. The number of rotatable bonds is 7. The van der Waals surface area contributed by atoms with Gasteiger partial charge in [0.15, 0.2) is 0 Å². The molecule has 0 spiro atoms. The molecule has 0 bridgehead atoms. The Morgan fingerprint density at radius 2 is 1.83 bits per heavy atom. The van der Waals surface area contributed by atoms with Gasteiger partial charge in [-0.25, -0.2) is 9.97 Å². The molecule has 0 radical (unpaired) electrons. The molecule has 0 atom stereocenters. The van der Waals surface area contributed by atoms with Gasteiger partial charge in [-0.3, -0.25) is 0 Å². The zero-order chi connectivity index (χ0) is 15.9.